The fourth-order valence-corrected chi connectivity index (χ4v) is 4.52. The number of nitrogens with one attached hydrogen (secondary N) is 1. The number of carbonyl (C=O) groups excluding carboxylic acids is 1. The normalized spacial score (nSPS) is 14.2. The molecule has 134 valence electrons. The lowest BCUT2D eigenvalue weighted by molar-refractivity contribution is 0.102. The van der Waals surface area contributed by atoms with E-state index in [1.54, 1.807) is 12.1 Å². The SMILES string of the molecule is CCCc1nnsc1C(=O)Nc1ccc2c(c1)N(S(C)(=O)=O)CCC2. The van der Waals surface area contributed by atoms with Crippen LogP contribution in [-0.4, -0.2) is 36.7 Å². The maximum atomic E-state index is 12.5. The first-order valence-electron chi connectivity index (χ1n) is 8.13. The van der Waals surface area contributed by atoms with Gasteiger partial charge in [-0.15, -0.1) is 5.10 Å². The monoisotopic (exact) mass is 380 g/mol. The fraction of sp³-hybridized carbons (Fsp3) is 0.438. The topological polar surface area (TPSA) is 92.3 Å². The summed E-state index contributed by atoms with van der Waals surface area (Å²) in [5.41, 5.74) is 2.87. The molecule has 0 saturated heterocycles. The minimum Gasteiger partial charge on any atom is -0.321 e. The van der Waals surface area contributed by atoms with E-state index in [-0.39, 0.29) is 5.91 Å². The van der Waals surface area contributed by atoms with Crippen molar-refractivity contribution < 1.29 is 13.2 Å². The maximum Gasteiger partial charge on any atom is 0.269 e. The Morgan fingerprint density at radius 1 is 1.40 bits per heavy atom. The zero-order valence-corrected chi connectivity index (χ0v) is 15.8. The Morgan fingerprint density at radius 3 is 2.92 bits per heavy atom. The van der Waals surface area contributed by atoms with Gasteiger partial charge in [-0.2, -0.15) is 0 Å². The summed E-state index contributed by atoms with van der Waals surface area (Å²) in [7, 11) is -3.34. The van der Waals surface area contributed by atoms with Gasteiger partial charge in [0.05, 0.1) is 17.6 Å². The Bertz CT molecular complexity index is 893. The molecular weight excluding hydrogens is 360 g/mol. The van der Waals surface area contributed by atoms with E-state index in [0.29, 0.717) is 34.9 Å². The number of hydrogen-bond acceptors (Lipinski definition) is 6. The maximum absolute atomic E-state index is 12.5. The highest BCUT2D eigenvalue weighted by Crippen LogP contribution is 2.32. The van der Waals surface area contributed by atoms with Gasteiger partial charge in [-0.3, -0.25) is 9.10 Å². The fourth-order valence-electron chi connectivity index (χ4n) is 2.93. The van der Waals surface area contributed by atoms with Gasteiger partial charge in [0.15, 0.2) is 0 Å². The van der Waals surface area contributed by atoms with Crippen LogP contribution < -0.4 is 9.62 Å². The molecule has 0 unspecified atom stereocenters. The molecule has 1 N–H and O–H groups in total. The molecule has 0 aliphatic carbocycles. The number of rotatable bonds is 5. The average Bonchev–Trinajstić information content (AvgIpc) is 3.02. The number of aryl methyl sites for hydroxylation is 2. The van der Waals surface area contributed by atoms with Gasteiger partial charge < -0.3 is 5.32 Å². The predicted molar refractivity (Wildman–Crippen MR) is 98.8 cm³/mol. The summed E-state index contributed by atoms with van der Waals surface area (Å²) in [4.78, 5) is 13.0. The lowest BCUT2D eigenvalue weighted by Crippen LogP contribution is -2.34. The number of fused-ring (bicyclic) bond motifs is 1. The van der Waals surface area contributed by atoms with Crippen LogP contribution in [0.25, 0.3) is 0 Å². The summed E-state index contributed by atoms with van der Waals surface area (Å²) in [5, 5.41) is 6.84. The zero-order valence-electron chi connectivity index (χ0n) is 14.2. The second kappa shape index (κ2) is 7.09. The number of amides is 1. The summed E-state index contributed by atoms with van der Waals surface area (Å²) < 4.78 is 29.3. The Labute approximate surface area is 151 Å². The molecule has 3 rings (SSSR count). The number of carbonyl (C=O) groups is 1. The minimum absolute atomic E-state index is 0.264. The van der Waals surface area contributed by atoms with Crippen LogP contribution in [0.2, 0.25) is 0 Å². The Balaban J connectivity index is 1.87. The van der Waals surface area contributed by atoms with Gasteiger partial charge in [0.1, 0.15) is 4.88 Å². The molecule has 2 heterocycles. The van der Waals surface area contributed by atoms with Crippen LogP contribution in [0.5, 0.6) is 0 Å². The first-order chi connectivity index (χ1) is 11.9. The van der Waals surface area contributed by atoms with Gasteiger partial charge in [0.2, 0.25) is 10.0 Å². The van der Waals surface area contributed by atoms with Crippen LogP contribution in [0.4, 0.5) is 11.4 Å². The second-order valence-electron chi connectivity index (χ2n) is 6.04. The van der Waals surface area contributed by atoms with Crippen molar-refractivity contribution in [3.8, 4) is 0 Å². The molecule has 0 bridgehead atoms. The number of sulfonamides is 1. The molecule has 7 nitrogen and oxygen atoms in total. The smallest absolute Gasteiger partial charge is 0.269 e. The van der Waals surface area contributed by atoms with Crippen molar-refractivity contribution in [1.82, 2.24) is 9.59 Å². The van der Waals surface area contributed by atoms with Gasteiger partial charge in [-0.05, 0) is 48.5 Å². The van der Waals surface area contributed by atoms with Crippen LogP contribution in [0.3, 0.4) is 0 Å². The summed E-state index contributed by atoms with van der Waals surface area (Å²) >= 11 is 1.07. The molecule has 0 fully saturated rings. The quantitative estimate of drug-likeness (QED) is 0.860. The van der Waals surface area contributed by atoms with Crippen molar-refractivity contribution in [3.05, 3.63) is 34.3 Å². The van der Waals surface area contributed by atoms with Crippen molar-refractivity contribution >= 4 is 38.8 Å². The molecule has 0 radical (unpaired) electrons. The van der Waals surface area contributed by atoms with E-state index in [9.17, 15) is 13.2 Å². The molecule has 1 aromatic heterocycles. The molecule has 1 aliphatic rings. The van der Waals surface area contributed by atoms with Crippen LogP contribution >= 0.6 is 11.5 Å². The summed E-state index contributed by atoms with van der Waals surface area (Å²) in [5.74, 6) is -0.264. The van der Waals surface area contributed by atoms with Crippen molar-refractivity contribution in [2.24, 2.45) is 0 Å². The van der Waals surface area contributed by atoms with Crippen molar-refractivity contribution in [1.29, 1.82) is 0 Å². The number of anilines is 2. The average molecular weight is 380 g/mol. The number of nitrogens with zero attached hydrogens (tertiary/aromatic N) is 3. The van der Waals surface area contributed by atoms with Crippen LogP contribution in [0, 0.1) is 0 Å². The van der Waals surface area contributed by atoms with Gasteiger partial charge in [0.25, 0.3) is 5.91 Å². The molecule has 1 aromatic carbocycles. The Kier molecular flexibility index (Phi) is 5.05. The van der Waals surface area contributed by atoms with E-state index in [1.807, 2.05) is 13.0 Å². The van der Waals surface area contributed by atoms with E-state index in [0.717, 1.165) is 36.4 Å². The molecule has 0 saturated carbocycles. The standard InChI is InChI=1S/C16H20N4O3S2/c1-3-5-13-15(24-19-18-13)16(21)17-12-8-7-11-6-4-9-20(14(11)10-12)25(2,22)23/h7-8,10H,3-6,9H2,1-2H3,(H,17,21). The largest absolute Gasteiger partial charge is 0.321 e. The molecule has 25 heavy (non-hydrogen) atoms. The Hall–Kier alpha value is -2.00. The molecule has 0 atom stereocenters. The first-order valence-corrected chi connectivity index (χ1v) is 10.8. The third-order valence-corrected chi connectivity index (χ3v) is 6.02. The van der Waals surface area contributed by atoms with Crippen LogP contribution in [-0.2, 0) is 22.9 Å². The highest BCUT2D eigenvalue weighted by Gasteiger charge is 2.24. The van der Waals surface area contributed by atoms with Crippen LogP contribution in [0.15, 0.2) is 18.2 Å². The number of benzene rings is 1. The van der Waals surface area contributed by atoms with Crippen molar-refractivity contribution in [2.75, 3.05) is 22.4 Å². The summed E-state index contributed by atoms with van der Waals surface area (Å²) in [6.45, 7) is 2.48. The molecular formula is C16H20N4O3S2. The highest BCUT2D eigenvalue weighted by molar-refractivity contribution is 7.92. The number of aromatic nitrogens is 2. The lowest BCUT2D eigenvalue weighted by Gasteiger charge is -2.29. The summed E-state index contributed by atoms with van der Waals surface area (Å²) in [6.07, 6.45) is 4.40. The summed E-state index contributed by atoms with van der Waals surface area (Å²) in [6, 6.07) is 5.40. The number of hydrogen-bond donors (Lipinski definition) is 1. The predicted octanol–water partition coefficient (Wildman–Crippen LogP) is 2.46. The second-order valence-corrected chi connectivity index (χ2v) is 8.70. The van der Waals surface area contributed by atoms with E-state index in [4.69, 9.17) is 0 Å². The molecule has 9 heteroatoms. The molecule has 1 amide bonds. The molecule has 0 spiro atoms. The highest BCUT2D eigenvalue weighted by atomic mass is 32.2. The van der Waals surface area contributed by atoms with Crippen molar-refractivity contribution in [3.63, 3.8) is 0 Å². The van der Waals surface area contributed by atoms with E-state index < -0.39 is 10.0 Å². The molecule has 2 aromatic rings. The minimum atomic E-state index is -3.34. The Morgan fingerprint density at radius 2 is 2.20 bits per heavy atom. The van der Waals surface area contributed by atoms with Gasteiger partial charge in [-0.25, -0.2) is 8.42 Å². The van der Waals surface area contributed by atoms with Gasteiger partial charge in [-0.1, -0.05) is 23.9 Å². The third kappa shape index (κ3) is 3.82. The van der Waals surface area contributed by atoms with E-state index in [2.05, 4.69) is 14.9 Å². The van der Waals surface area contributed by atoms with E-state index >= 15 is 0 Å². The van der Waals surface area contributed by atoms with Crippen molar-refractivity contribution in [2.45, 2.75) is 32.6 Å². The van der Waals surface area contributed by atoms with E-state index in [1.165, 1.54) is 10.6 Å². The van der Waals surface area contributed by atoms with Crippen LogP contribution in [0.1, 0.15) is 40.7 Å². The zero-order chi connectivity index (χ0) is 18.0. The van der Waals surface area contributed by atoms with Gasteiger partial charge in [0, 0.05) is 12.2 Å². The molecule has 1 aliphatic heterocycles. The van der Waals surface area contributed by atoms with Gasteiger partial charge >= 0.3 is 0 Å². The first kappa shape index (κ1) is 17.8. The third-order valence-electron chi connectivity index (χ3n) is 4.07. The lowest BCUT2D eigenvalue weighted by atomic mass is 10.0.